The Bertz CT molecular complexity index is 147. The van der Waals surface area contributed by atoms with E-state index in [0.717, 1.165) is 0 Å². The summed E-state index contributed by atoms with van der Waals surface area (Å²) in [6, 6.07) is 0. The van der Waals surface area contributed by atoms with Gasteiger partial charge in [-0.1, -0.05) is 33.0 Å². The van der Waals surface area contributed by atoms with Gasteiger partial charge in [0.2, 0.25) is 0 Å². The van der Waals surface area contributed by atoms with Crippen LogP contribution in [0.25, 0.3) is 0 Å². The summed E-state index contributed by atoms with van der Waals surface area (Å²) in [6.07, 6.45) is 6.59. The predicted molar refractivity (Wildman–Crippen MR) is 52.0 cm³/mol. The van der Waals surface area contributed by atoms with Crippen LogP contribution in [-0.4, -0.2) is 7.28 Å². The Morgan fingerprint density at radius 3 is 2.55 bits per heavy atom. The van der Waals surface area contributed by atoms with Gasteiger partial charge >= 0.3 is 0 Å². The molecular weight excluding hydrogens is 131 g/mol. The van der Waals surface area contributed by atoms with E-state index in [0.29, 0.717) is 5.41 Å². The molecular formula is C10H18B. The van der Waals surface area contributed by atoms with Crippen molar-refractivity contribution < 1.29 is 0 Å². The van der Waals surface area contributed by atoms with Gasteiger partial charge in [-0.3, -0.25) is 0 Å². The first-order valence-electron chi connectivity index (χ1n) is 4.78. The minimum Gasteiger partial charge on any atom is -0.111 e. The van der Waals surface area contributed by atoms with Crippen LogP contribution in [0.15, 0.2) is 12.1 Å². The van der Waals surface area contributed by atoms with Gasteiger partial charge < -0.3 is 0 Å². The molecule has 61 valence electrons. The van der Waals surface area contributed by atoms with Crippen LogP contribution in [0.5, 0.6) is 0 Å². The third kappa shape index (κ3) is 1.52. The van der Waals surface area contributed by atoms with E-state index in [1.807, 2.05) is 0 Å². The molecule has 1 radical (unpaired) electrons. The summed E-state index contributed by atoms with van der Waals surface area (Å²) < 4.78 is 0. The molecule has 1 rings (SSSR count). The number of hydrogen-bond donors (Lipinski definition) is 0. The molecule has 1 atom stereocenters. The van der Waals surface area contributed by atoms with E-state index in [4.69, 9.17) is 0 Å². The standard InChI is InChI=1S/C10H18B/c1-4-6-7-10(5-2)8-11-9(10)3/h3-8H2,1-2H3. The van der Waals surface area contributed by atoms with E-state index in [1.165, 1.54) is 37.5 Å². The highest BCUT2D eigenvalue weighted by atomic mass is 14.3. The normalized spacial score (nSPS) is 29.5. The molecule has 0 saturated carbocycles. The van der Waals surface area contributed by atoms with Crippen molar-refractivity contribution in [3.8, 4) is 0 Å². The van der Waals surface area contributed by atoms with Crippen molar-refractivity contribution in [2.75, 3.05) is 0 Å². The molecule has 0 spiro atoms. The monoisotopic (exact) mass is 149 g/mol. The SMILES string of the molecule is C=C1[B]CC1(CC)CCCC. The molecule has 0 aromatic rings. The van der Waals surface area contributed by atoms with E-state index in [-0.39, 0.29) is 0 Å². The second kappa shape index (κ2) is 3.47. The van der Waals surface area contributed by atoms with Gasteiger partial charge in [0.1, 0.15) is 7.28 Å². The zero-order valence-corrected chi connectivity index (χ0v) is 7.82. The zero-order valence-electron chi connectivity index (χ0n) is 7.82. The molecule has 1 unspecified atom stereocenters. The van der Waals surface area contributed by atoms with Crippen molar-refractivity contribution in [2.45, 2.75) is 45.9 Å². The summed E-state index contributed by atoms with van der Waals surface area (Å²) in [5.74, 6) is 0. The Hall–Kier alpha value is -0.195. The van der Waals surface area contributed by atoms with Crippen molar-refractivity contribution in [1.82, 2.24) is 0 Å². The molecule has 0 amide bonds. The fraction of sp³-hybridized carbons (Fsp3) is 0.800. The number of hydrogen-bond acceptors (Lipinski definition) is 0. The number of unbranched alkanes of at least 4 members (excludes halogenated alkanes) is 1. The summed E-state index contributed by atoms with van der Waals surface area (Å²) in [5, 5.41) is 0. The van der Waals surface area contributed by atoms with Gasteiger partial charge in [0, 0.05) is 0 Å². The van der Waals surface area contributed by atoms with Gasteiger partial charge in [-0.25, -0.2) is 0 Å². The lowest BCUT2D eigenvalue weighted by Gasteiger charge is -2.44. The van der Waals surface area contributed by atoms with Crippen LogP contribution < -0.4 is 0 Å². The van der Waals surface area contributed by atoms with Crippen LogP contribution in [0.1, 0.15) is 39.5 Å². The number of rotatable bonds is 4. The minimum absolute atomic E-state index is 0.524. The van der Waals surface area contributed by atoms with Gasteiger partial charge in [0.05, 0.1) is 0 Å². The van der Waals surface area contributed by atoms with Crippen molar-refractivity contribution in [3.63, 3.8) is 0 Å². The van der Waals surface area contributed by atoms with Crippen molar-refractivity contribution in [1.29, 1.82) is 0 Å². The smallest absolute Gasteiger partial charge is 0.111 e. The minimum atomic E-state index is 0.524. The molecule has 0 nitrogen and oxygen atoms in total. The van der Waals surface area contributed by atoms with Crippen LogP contribution in [0.3, 0.4) is 0 Å². The molecule has 1 heterocycles. The Balaban J connectivity index is 2.41. The van der Waals surface area contributed by atoms with Crippen molar-refractivity contribution in [3.05, 3.63) is 12.1 Å². The molecule has 11 heavy (non-hydrogen) atoms. The molecule has 1 aliphatic rings. The first-order valence-corrected chi connectivity index (χ1v) is 4.78. The highest BCUT2D eigenvalue weighted by Gasteiger charge is 2.38. The second-order valence-corrected chi connectivity index (χ2v) is 3.67. The highest BCUT2D eigenvalue weighted by molar-refractivity contribution is 6.50. The van der Waals surface area contributed by atoms with E-state index in [1.54, 1.807) is 0 Å². The van der Waals surface area contributed by atoms with E-state index in [2.05, 4.69) is 27.7 Å². The second-order valence-electron chi connectivity index (χ2n) is 3.67. The average molecular weight is 149 g/mol. The lowest BCUT2D eigenvalue weighted by atomic mass is 9.37. The third-order valence-electron chi connectivity index (χ3n) is 3.11. The van der Waals surface area contributed by atoms with Gasteiger partial charge in [-0.05, 0) is 18.3 Å². The molecule has 1 saturated heterocycles. The van der Waals surface area contributed by atoms with Crippen LogP contribution in [-0.2, 0) is 0 Å². The quantitative estimate of drug-likeness (QED) is 0.538. The number of allylic oxidation sites excluding steroid dienone is 1. The van der Waals surface area contributed by atoms with Crippen LogP contribution >= 0.6 is 0 Å². The lowest BCUT2D eigenvalue weighted by molar-refractivity contribution is 0.330. The summed E-state index contributed by atoms with van der Waals surface area (Å²) in [7, 11) is 2.28. The fourth-order valence-corrected chi connectivity index (χ4v) is 1.86. The summed E-state index contributed by atoms with van der Waals surface area (Å²) in [5.41, 5.74) is 1.92. The Morgan fingerprint density at radius 2 is 2.27 bits per heavy atom. The molecule has 0 bridgehead atoms. The Morgan fingerprint density at radius 1 is 1.55 bits per heavy atom. The van der Waals surface area contributed by atoms with Gasteiger partial charge in [-0.15, -0.1) is 12.1 Å². The molecule has 1 aliphatic heterocycles. The first-order chi connectivity index (χ1) is 5.25. The molecule has 0 N–H and O–H groups in total. The fourth-order valence-electron chi connectivity index (χ4n) is 1.86. The molecule has 0 aromatic heterocycles. The lowest BCUT2D eigenvalue weighted by Crippen LogP contribution is -2.36. The highest BCUT2D eigenvalue weighted by Crippen LogP contribution is 2.47. The van der Waals surface area contributed by atoms with Crippen LogP contribution in [0.4, 0.5) is 0 Å². The Labute approximate surface area is 71.3 Å². The van der Waals surface area contributed by atoms with E-state index < -0.39 is 0 Å². The predicted octanol–water partition coefficient (Wildman–Crippen LogP) is 3.22. The Kier molecular flexibility index (Phi) is 2.81. The van der Waals surface area contributed by atoms with Gasteiger partial charge in [-0.2, -0.15) is 0 Å². The van der Waals surface area contributed by atoms with Gasteiger partial charge in [0.25, 0.3) is 0 Å². The van der Waals surface area contributed by atoms with E-state index >= 15 is 0 Å². The molecule has 0 aliphatic carbocycles. The van der Waals surface area contributed by atoms with Gasteiger partial charge in [0.15, 0.2) is 0 Å². The van der Waals surface area contributed by atoms with Crippen molar-refractivity contribution >= 4 is 7.28 Å². The maximum absolute atomic E-state index is 4.08. The maximum Gasteiger partial charge on any atom is 0.146 e. The maximum atomic E-state index is 4.08. The molecule has 0 aromatic carbocycles. The van der Waals surface area contributed by atoms with Crippen LogP contribution in [0, 0.1) is 5.41 Å². The third-order valence-corrected chi connectivity index (χ3v) is 3.11. The molecule has 1 heteroatoms. The average Bonchev–Trinajstić information content (AvgIpc) is 2.04. The zero-order chi connectivity index (χ0) is 8.32. The van der Waals surface area contributed by atoms with Crippen LogP contribution in [0.2, 0.25) is 6.32 Å². The molecule has 1 fully saturated rings. The summed E-state index contributed by atoms with van der Waals surface area (Å²) in [4.78, 5) is 0. The topological polar surface area (TPSA) is 0 Å². The summed E-state index contributed by atoms with van der Waals surface area (Å²) >= 11 is 0. The first kappa shape index (κ1) is 8.90. The largest absolute Gasteiger partial charge is 0.146 e. The summed E-state index contributed by atoms with van der Waals surface area (Å²) in [6.45, 7) is 8.63. The van der Waals surface area contributed by atoms with Crippen molar-refractivity contribution in [2.24, 2.45) is 5.41 Å². The van der Waals surface area contributed by atoms with E-state index in [9.17, 15) is 0 Å².